The molecule has 0 fully saturated rings. The van der Waals surface area contributed by atoms with E-state index in [2.05, 4.69) is 24.0 Å². The number of nitrogens with two attached hydrogens (primary N) is 1. The number of rotatable bonds is 5. The molecule has 2 N–H and O–H groups in total. The SMILES string of the molecule is CCC(C)[C@H](N)c1nc(N(C)CC)no1. The van der Waals surface area contributed by atoms with Crippen LogP contribution in [0.25, 0.3) is 0 Å². The van der Waals surface area contributed by atoms with E-state index in [0.717, 1.165) is 13.0 Å². The van der Waals surface area contributed by atoms with Crippen molar-refractivity contribution in [2.75, 3.05) is 18.5 Å². The Morgan fingerprint density at radius 1 is 1.47 bits per heavy atom. The predicted octanol–water partition coefficient (Wildman–Crippen LogP) is 1.57. The van der Waals surface area contributed by atoms with Gasteiger partial charge in [0.05, 0.1) is 6.04 Å². The molecule has 0 aromatic carbocycles. The van der Waals surface area contributed by atoms with Crippen LogP contribution in [0.2, 0.25) is 0 Å². The summed E-state index contributed by atoms with van der Waals surface area (Å²) in [4.78, 5) is 6.19. The Morgan fingerprint density at radius 3 is 2.67 bits per heavy atom. The Labute approximate surface area is 90.6 Å². The minimum Gasteiger partial charge on any atom is -0.342 e. The lowest BCUT2D eigenvalue weighted by Gasteiger charge is -2.13. The third kappa shape index (κ3) is 2.68. The smallest absolute Gasteiger partial charge is 0.265 e. The van der Waals surface area contributed by atoms with E-state index in [0.29, 0.717) is 17.8 Å². The lowest BCUT2D eigenvalue weighted by atomic mass is 10.0. The van der Waals surface area contributed by atoms with Gasteiger partial charge in [-0.25, -0.2) is 0 Å². The van der Waals surface area contributed by atoms with Crippen molar-refractivity contribution in [3.05, 3.63) is 5.89 Å². The second kappa shape index (κ2) is 5.11. The predicted molar refractivity (Wildman–Crippen MR) is 59.6 cm³/mol. The highest BCUT2D eigenvalue weighted by Gasteiger charge is 2.20. The third-order valence-corrected chi connectivity index (χ3v) is 2.79. The highest BCUT2D eigenvalue weighted by atomic mass is 16.5. The van der Waals surface area contributed by atoms with Crippen molar-refractivity contribution < 1.29 is 4.52 Å². The fourth-order valence-electron chi connectivity index (χ4n) is 1.16. The van der Waals surface area contributed by atoms with Gasteiger partial charge < -0.3 is 15.2 Å². The number of anilines is 1. The molecule has 5 nitrogen and oxygen atoms in total. The van der Waals surface area contributed by atoms with E-state index in [-0.39, 0.29) is 6.04 Å². The maximum atomic E-state index is 5.99. The van der Waals surface area contributed by atoms with E-state index in [1.165, 1.54) is 0 Å². The summed E-state index contributed by atoms with van der Waals surface area (Å²) in [6.45, 7) is 7.06. The van der Waals surface area contributed by atoms with Gasteiger partial charge in [0, 0.05) is 13.6 Å². The molecule has 1 heterocycles. The van der Waals surface area contributed by atoms with Crippen LogP contribution in [0.1, 0.15) is 39.1 Å². The van der Waals surface area contributed by atoms with E-state index < -0.39 is 0 Å². The average Bonchev–Trinajstić information content (AvgIpc) is 2.75. The number of aromatic nitrogens is 2. The zero-order valence-electron chi connectivity index (χ0n) is 9.90. The molecule has 0 spiro atoms. The molecule has 0 saturated heterocycles. The summed E-state index contributed by atoms with van der Waals surface area (Å²) in [5.41, 5.74) is 5.99. The van der Waals surface area contributed by atoms with Crippen molar-refractivity contribution in [1.82, 2.24) is 10.1 Å². The zero-order chi connectivity index (χ0) is 11.4. The first-order valence-corrected chi connectivity index (χ1v) is 5.40. The zero-order valence-corrected chi connectivity index (χ0v) is 9.90. The molecule has 1 aromatic rings. The molecule has 0 aliphatic carbocycles. The molecule has 0 aliphatic rings. The molecule has 15 heavy (non-hydrogen) atoms. The molecule has 0 aliphatic heterocycles. The van der Waals surface area contributed by atoms with Crippen molar-refractivity contribution in [2.24, 2.45) is 11.7 Å². The van der Waals surface area contributed by atoms with E-state index >= 15 is 0 Å². The van der Waals surface area contributed by atoms with Gasteiger partial charge in [0.15, 0.2) is 0 Å². The normalized spacial score (nSPS) is 15.0. The summed E-state index contributed by atoms with van der Waals surface area (Å²) in [6.07, 6.45) is 1.00. The molecule has 0 bridgehead atoms. The van der Waals surface area contributed by atoms with Gasteiger partial charge in [-0.05, 0) is 18.0 Å². The van der Waals surface area contributed by atoms with Crippen LogP contribution in [0.15, 0.2) is 4.52 Å². The fraction of sp³-hybridized carbons (Fsp3) is 0.800. The summed E-state index contributed by atoms with van der Waals surface area (Å²) in [6, 6.07) is -0.165. The second-order valence-corrected chi connectivity index (χ2v) is 3.86. The van der Waals surface area contributed by atoms with Gasteiger partial charge in [0.25, 0.3) is 5.95 Å². The van der Waals surface area contributed by atoms with Crippen molar-refractivity contribution in [3.63, 3.8) is 0 Å². The van der Waals surface area contributed by atoms with Crippen LogP contribution in [0, 0.1) is 5.92 Å². The van der Waals surface area contributed by atoms with Crippen molar-refractivity contribution in [1.29, 1.82) is 0 Å². The molecule has 0 radical (unpaired) electrons. The molecular formula is C10H20N4O. The van der Waals surface area contributed by atoms with Crippen LogP contribution in [-0.4, -0.2) is 23.7 Å². The summed E-state index contributed by atoms with van der Waals surface area (Å²) >= 11 is 0. The van der Waals surface area contributed by atoms with Gasteiger partial charge in [-0.1, -0.05) is 20.3 Å². The van der Waals surface area contributed by atoms with Gasteiger partial charge in [0.1, 0.15) is 0 Å². The minimum atomic E-state index is -0.165. The summed E-state index contributed by atoms with van der Waals surface area (Å²) in [7, 11) is 1.92. The summed E-state index contributed by atoms with van der Waals surface area (Å²) in [5, 5.41) is 3.88. The van der Waals surface area contributed by atoms with Crippen LogP contribution < -0.4 is 10.6 Å². The van der Waals surface area contributed by atoms with Crippen molar-refractivity contribution in [2.45, 2.75) is 33.2 Å². The minimum absolute atomic E-state index is 0.165. The second-order valence-electron chi connectivity index (χ2n) is 3.86. The van der Waals surface area contributed by atoms with E-state index in [4.69, 9.17) is 10.3 Å². The number of hydrogen-bond acceptors (Lipinski definition) is 5. The van der Waals surface area contributed by atoms with Crippen LogP contribution in [0.5, 0.6) is 0 Å². The van der Waals surface area contributed by atoms with Crippen molar-refractivity contribution >= 4 is 5.95 Å². The molecule has 1 rings (SSSR count). The molecule has 1 aromatic heterocycles. The monoisotopic (exact) mass is 212 g/mol. The Morgan fingerprint density at radius 2 is 2.13 bits per heavy atom. The Balaban J connectivity index is 2.75. The third-order valence-electron chi connectivity index (χ3n) is 2.79. The molecular weight excluding hydrogens is 192 g/mol. The average molecular weight is 212 g/mol. The number of hydrogen-bond donors (Lipinski definition) is 1. The fourth-order valence-corrected chi connectivity index (χ4v) is 1.16. The van der Waals surface area contributed by atoms with Gasteiger partial charge in [-0.3, -0.25) is 0 Å². The van der Waals surface area contributed by atoms with E-state index in [1.807, 2.05) is 18.9 Å². The van der Waals surface area contributed by atoms with Gasteiger partial charge in [-0.15, -0.1) is 0 Å². The van der Waals surface area contributed by atoms with Gasteiger partial charge >= 0.3 is 0 Å². The first-order valence-electron chi connectivity index (χ1n) is 5.40. The Hall–Kier alpha value is -1.10. The Bertz CT molecular complexity index is 299. The summed E-state index contributed by atoms with van der Waals surface area (Å²) in [5.74, 6) is 1.48. The lowest BCUT2D eigenvalue weighted by Crippen LogP contribution is -2.20. The van der Waals surface area contributed by atoms with Crippen LogP contribution in [0.3, 0.4) is 0 Å². The highest BCUT2D eigenvalue weighted by molar-refractivity contribution is 5.25. The van der Waals surface area contributed by atoms with Gasteiger partial charge in [0.2, 0.25) is 5.89 Å². The van der Waals surface area contributed by atoms with E-state index in [9.17, 15) is 0 Å². The molecule has 1 unspecified atom stereocenters. The first kappa shape index (κ1) is 12.0. The van der Waals surface area contributed by atoms with Crippen LogP contribution >= 0.6 is 0 Å². The molecule has 0 saturated carbocycles. The largest absolute Gasteiger partial charge is 0.342 e. The maximum absolute atomic E-state index is 5.99. The van der Waals surface area contributed by atoms with E-state index in [1.54, 1.807) is 0 Å². The Kier molecular flexibility index (Phi) is 4.08. The molecule has 0 amide bonds. The van der Waals surface area contributed by atoms with Crippen molar-refractivity contribution in [3.8, 4) is 0 Å². The molecule has 5 heteroatoms. The molecule has 86 valence electrons. The molecule has 2 atom stereocenters. The standard InChI is InChI=1S/C10H20N4O/c1-5-7(3)8(11)9-12-10(13-15-9)14(4)6-2/h7-8H,5-6,11H2,1-4H3/t7?,8-/m0/s1. The van der Waals surface area contributed by atoms with Crippen LogP contribution in [0.4, 0.5) is 5.95 Å². The lowest BCUT2D eigenvalue weighted by molar-refractivity contribution is 0.312. The summed E-state index contributed by atoms with van der Waals surface area (Å²) < 4.78 is 5.14. The topological polar surface area (TPSA) is 68.2 Å². The highest BCUT2D eigenvalue weighted by Crippen LogP contribution is 2.21. The van der Waals surface area contributed by atoms with Gasteiger partial charge in [-0.2, -0.15) is 4.98 Å². The first-order chi connectivity index (χ1) is 7.10. The van der Waals surface area contributed by atoms with Crippen LogP contribution in [-0.2, 0) is 0 Å². The maximum Gasteiger partial charge on any atom is 0.265 e. The number of nitrogens with zero attached hydrogens (tertiary/aromatic N) is 3. The quantitative estimate of drug-likeness (QED) is 0.802.